The fraction of sp³-hybridized carbons (Fsp3) is 0.476. The number of carbonyl (C=O) groups is 1. The lowest BCUT2D eigenvalue weighted by Gasteiger charge is -2.32. The summed E-state index contributed by atoms with van der Waals surface area (Å²) < 4.78 is 5.82. The molecule has 3 heterocycles. The topological polar surface area (TPSA) is 67.4 Å². The van der Waals surface area contributed by atoms with Crippen molar-refractivity contribution >= 4 is 5.91 Å². The number of carbonyl (C=O) groups excluding carboxylic acids is 1. The maximum Gasteiger partial charge on any atom is 0.316 e. The number of nitrogens with zero attached hydrogens (tertiary/aromatic N) is 3. The van der Waals surface area contributed by atoms with Crippen molar-refractivity contribution < 1.29 is 9.53 Å². The van der Waals surface area contributed by atoms with Gasteiger partial charge in [0.2, 0.25) is 0 Å². The van der Waals surface area contributed by atoms with Crippen molar-refractivity contribution in [3.63, 3.8) is 0 Å². The predicted octanol–water partition coefficient (Wildman–Crippen LogP) is 2.63. The van der Waals surface area contributed by atoms with Crippen LogP contribution in [0.1, 0.15) is 47.5 Å². The van der Waals surface area contributed by atoms with E-state index in [-0.39, 0.29) is 12.0 Å². The zero-order chi connectivity index (χ0) is 18.5. The minimum Gasteiger partial charge on any atom is -0.460 e. The van der Waals surface area contributed by atoms with Crippen LogP contribution in [-0.4, -0.2) is 53.1 Å². The van der Waals surface area contributed by atoms with Crippen molar-refractivity contribution in [1.29, 1.82) is 0 Å². The van der Waals surface area contributed by atoms with Crippen LogP contribution in [0.4, 0.5) is 0 Å². The zero-order valence-corrected chi connectivity index (χ0v) is 15.5. The van der Waals surface area contributed by atoms with Gasteiger partial charge in [-0.05, 0) is 49.1 Å². The molecule has 0 radical (unpaired) electrons. The van der Waals surface area contributed by atoms with Crippen molar-refractivity contribution in [2.45, 2.75) is 37.7 Å². The number of likely N-dealkylation sites (tertiary alicyclic amines) is 1. The summed E-state index contributed by atoms with van der Waals surface area (Å²) in [6.07, 6.45) is 7.41. The molecular weight excluding hydrogens is 340 g/mol. The molecule has 2 aromatic rings. The predicted molar refractivity (Wildman–Crippen MR) is 103 cm³/mol. The van der Waals surface area contributed by atoms with Crippen molar-refractivity contribution in [2.75, 3.05) is 26.2 Å². The monoisotopic (exact) mass is 366 g/mol. The Kier molecular flexibility index (Phi) is 5.63. The number of aromatic nitrogens is 2. The van der Waals surface area contributed by atoms with Gasteiger partial charge in [0.1, 0.15) is 6.10 Å². The Labute approximate surface area is 160 Å². The van der Waals surface area contributed by atoms with E-state index < -0.39 is 0 Å². The molecule has 6 heteroatoms. The Hall–Kier alpha value is -2.47. The molecule has 0 unspecified atom stereocenters. The molecule has 142 valence electrons. The lowest BCUT2D eigenvalue weighted by Crippen LogP contribution is -2.42. The Morgan fingerprint density at radius 2 is 1.93 bits per heavy atom. The zero-order valence-electron chi connectivity index (χ0n) is 15.5. The van der Waals surface area contributed by atoms with E-state index >= 15 is 0 Å². The molecule has 0 bridgehead atoms. The highest BCUT2D eigenvalue weighted by Crippen LogP contribution is 2.25. The highest BCUT2D eigenvalue weighted by Gasteiger charge is 2.26. The van der Waals surface area contributed by atoms with Crippen LogP contribution in [0, 0.1) is 0 Å². The molecule has 2 aliphatic rings. The van der Waals surface area contributed by atoms with Crippen molar-refractivity contribution in [3.8, 4) is 6.01 Å². The maximum absolute atomic E-state index is 12.9. The third-order valence-electron chi connectivity index (χ3n) is 5.45. The van der Waals surface area contributed by atoms with Gasteiger partial charge in [0.25, 0.3) is 5.91 Å². The van der Waals surface area contributed by atoms with E-state index in [1.54, 1.807) is 18.5 Å². The first kappa shape index (κ1) is 17.9. The summed E-state index contributed by atoms with van der Waals surface area (Å²) in [6, 6.07) is 10.4. The second kappa shape index (κ2) is 8.48. The highest BCUT2D eigenvalue weighted by molar-refractivity contribution is 5.94. The number of amides is 1. The van der Waals surface area contributed by atoms with Gasteiger partial charge in [-0.3, -0.25) is 4.79 Å². The van der Waals surface area contributed by atoms with Crippen LogP contribution in [-0.2, 0) is 0 Å². The number of rotatable bonds is 4. The molecule has 27 heavy (non-hydrogen) atoms. The molecule has 1 aromatic heterocycles. The van der Waals surface area contributed by atoms with Gasteiger partial charge < -0.3 is 15.0 Å². The number of hydrogen-bond donors (Lipinski definition) is 1. The molecular formula is C21H26N4O2. The lowest BCUT2D eigenvalue weighted by molar-refractivity contribution is 0.0578. The molecule has 4 rings (SSSR count). The molecule has 0 aliphatic carbocycles. The maximum atomic E-state index is 12.9. The molecule has 2 saturated heterocycles. The molecule has 2 aliphatic heterocycles. The minimum absolute atomic E-state index is 0.0658. The Balaban J connectivity index is 1.35. The van der Waals surface area contributed by atoms with Gasteiger partial charge in [-0.1, -0.05) is 12.1 Å². The summed E-state index contributed by atoms with van der Waals surface area (Å²) in [5.74, 6) is 0.631. The van der Waals surface area contributed by atoms with E-state index in [1.807, 2.05) is 17.0 Å². The molecule has 1 N–H and O–H groups in total. The number of benzene rings is 1. The van der Waals surface area contributed by atoms with E-state index in [9.17, 15) is 4.79 Å². The fourth-order valence-electron chi connectivity index (χ4n) is 3.92. The van der Waals surface area contributed by atoms with Crippen LogP contribution in [0.5, 0.6) is 6.01 Å². The second-order valence-electron chi connectivity index (χ2n) is 7.31. The molecule has 6 nitrogen and oxygen atoms in total. The van der Waals surface area contributed by atoms with E-state index in [1.165, 1.54) is 18.4 Å². The van der Waals surface area contributed by atoms with Gasteiger partial charge in [-0.25, -0.2) is 9.97 Å². The average molecular weight is 366 g/mol. The summed E-state index contributed by atoms with van der Waals surface area (Å²) in [4.78, 5) is 23.1. The summed E-state index contributed by atoms with van der Waals surface area (Å²) in [5.41, 5.74) is 2.07. The summed E-state index contributed by atoms with van der Waals surface area (Å²) in [6.45, 7) is 3.50. The van der Waals surface area contributed by atoms with Crippen LogP contribution in [0.15, 0.2) is 42.7 Å². The first-order valence-corrected chi connectivity index (χ1v) is 9.83. The Morgan fingerprint density at radius 1 is 1.11 bits per heavy atom. The van der Waals surface area contributed by atoms with Gasteiger partial charge in [0.15, 0.2) is 0 Å². The molecule has 0 saturated carbocycles. The number of ether oxygens (including phenoxy) is 1. The van der Waals surface area contributed by atoms with E-state index in [0.717, 1.165) is 31.5 Å². The molecule has 1 aromatic carbocycles. The second-order valence-corrected chi connectivity index (χ2v) is 7.31. The number of piperidine rings is 2. The summed E-state index contributed by atoms with van der Waals surface area (Å²) >= 11 is 0. The third-order valence-corrected chi connectivity index (χ3v) is 5.45. The number of hydrogen-bond acceptors (Lipinski definition) is 5. The van der Waals surface area contributed by atoms with Gasteiger partial charge in [0, 0.05) is 50.4 Å². The van der Waals surface area contributed by atoms with Gasteiger partial charge in [-0.15, -0.1) is 0 Å². The average Bonchev–Trinajstić information content (AvgIpc) is 2.75. The van der Waals surface area contributed by atoms with Gasteiger partial charge >= 0.3 is 6.01 Å². The van der Waals surface area contributed by atoms with Crippen molar-refractivity contribution in [3.05, 3.63) is 53.9 Å². The number of nitrogens with one attached hydrogen (secondary N) is 1. The summed E-state index contributed by atoms with van der Waals surface area (Å²) in [5, 5.41) is 3.45. The summed E-state index contributed by atoms with van der Waals surface area (Å²) in [7, 11) is 0. The molecule has 1 atom stereocenters. The first-order chi connectivity index (χ1) is 13.3. The Bertz CT molecular complexity index is 754. The first-order valence-electron chi connectivity index (χ1n) is 9.83. The Morgan fingerprint density at radius 3 is 2.67 bits per heavy atom. The smallest absolute Gasteiger partial charge is 0.316 e. The van der Waals surface area contributed by atoms with Crippen molar-refractivity contribution in [2.24, 2.45) is 0 Å². The lowest BCUT2D eigenvalue weighted by atomic mass is 9.90. The quantitative estimate of drug-likeness (QED) is 0.901. The minimum atomic E-state index is 0.0658. The van der Waals surface area contributed by atoms with E-state index in [2.05, 4.69) is 27.4 Å². The molecule has 0 spiro atoms. The van der Waals surface area contributed by atoms with Gasteiger partial charge in [0.05, 0.1) is 0 Å². The largest absolute Gasteiger partial charge is 0.460 e. The highest BCUT2D eigenvalue weighted by atomic mass is 16.5. The fourth-order valence-corrected chi connectivity index (χ4v) is 3.92. The SMILES string of the molecule is O=C(c1cccc([C@H]2CCCNC2)c1)N1CCC(Oc2ncccn2)CC1. The van der Waals surface area contributed by atoms with E-state index in [4.69, 9.17) is 4.74 Å². The van der Waals surface area contributed by atoms with Crippen LogP contribution >= 0.6 is 0 Å². The normalized spacial score (nSPS) is 21.0. The van der Waals surface area contributed by atoms with Crippen molar-refractivity contribution in [1.82, 2.24) is 20.2 Å². The molecule has 2 fully saturated rings. The standard InChI is InChI=1S/C21H26N4O2/c26-20(17-5-1-4-16(14-17)18-6-2-9-22-15-18)25-12-7-19(8-13-25)27-21-23-10-3-11-24-21/h1,3-5,10-11,14,18-19,22H,2,6-9,12-13,15H2/t18-/m0/s1. The van der Waals surface area contributed by atoms with Crippen LogP contribution in [0.2, 0.25) is 0 Å². The van der Waals surface area contributed by atoms with Crippen LogP contribution < -0.4 is 10.1 Å². The molecule has 1 amide bonds. The van der Waals surface area contributed by atoms with Crippen LogP contribution in [0.25, 0.3) is 0 Å². The van der Waals surface area contributed by atoms with E-state index in [0.29, 0.717) is 25.0 Å². The van der Waals surface area contributed by atoms with Gasteiger partial charge in [-0.2, -0.15) is 0 Å². The van der Waals surface area contributed by atoms with Crippen LogP contribution in [0.3, 0.4) is 0 Å². The third kappa shape index (κ3) is 4.45.